The molecule has 0 atom stereocenters. The van der Waals surface area contributed by atoms with Crippen molar-refractivity contribution in [1.82, 2.24) is 10.1 Å². The zero-order valence-electron chi connectivity index (χ0n) is 13.7. The Labute approximate surface area is 133 Å². The van der Waals surface area contributed by atoms with Crippen LogP contribution in [0.4, 0.5) is 0 Å². The number of piperidine rings is 1. The van der Waals surface area contributed by atoms with E-state index < -0.39 is 0 Å². The molecule has 0 amide bonds. The van der Waals surface area contributed by atoms with Crippen LogP contribution in [0.5, 0.6) is 0 Å². The maximum Gasteiger partial charge on any atom is 0.150 e. The molecule has 2 aromatic rings. The molecule has 0 spiro atoms. The lowest BCUT2D eigenvalue weighted by molar-refractivity contribution is 0.157. The highest BCUT2D eigenvalue weighted by Crippen LogP contribution is 2.23. The van der Waals surface area contributed by atoms with Gasteiger partial charge in [0.25, 0.3) is 0 Å². The normalized spacial score (nSPS) is 17.0. The van der Waals surface area contributed by atoms with Crippen molar-refractivity contribution in [2.24, 2.45) is 5.92 Å². The Morgan fingerprint density at radius 3 is 2.50 bits per heavy atom. The van der Waals surface area contributed by atoms with Crippen LogP contribution in [0.1, 0.15) is 41.8 Å². The Balaban J connectivity index is 1.41. The first-order valence-electron chi connectivity index (χ1n) is 8.39. The lowest BCUT2D eigenvalue weighted by Gasteiger charge is -2.31. The van der Waals surface area contributed by atoms with Gasteiger partial charge in [0.1, 0.15) is 0 Å². The largest absolute Gasteiger partial charge is 0.360 e. The van der Waals surface area contributed by atoms with Crippen molar-refractivity contribution in [3.8, 4) is 0 Å². The van der Waals surface area contributed by atoms with Gasteiger partial charge in [0.2, 0.25) is 0 Å². The van der Waals surface area contributed by atoms with Crippen LogP contribution in [0.2, 0.25) is 0 Å². The van der Waals surface area contributed by atoms with Crippen LogP contribution in [0.25, 0.3) is 0 Å². The van der Waals surface area contributed by atoms with Crippen LogP contribution in [-0.2, 0) is 13.0 Å². The van der Waals surface area contributed by atoms with Gasteiger partial charge in [-0.2, -0.15) is 0 Å². The molecule has 1 aromatic heterocycles. The second kappa shape index (κ2) is 7.10. The molecular weight excluding hydrogens is 272 g/mol. The molecule has 0 unspecified atom stereocenters. The number of nitrogens with zero attached hydrogens (tertiary/aromatic N) is 2. The quantitative estimate of drug-likeness (QED) is 0.831. The molecule has 3 nitrogen and oxygen atoms in total. The van der Waals surface area contributed by atoms with Gasteiger partial charge >= 0.3 is 0 Å². The molecule has 1 aromatic carbocycles. The van der Waals surface area contributed by atoms with Crippen molar-refractivity contribution < 1.29 is 4.52 Å². The van der Waals surface area contributed by atoms with Crippen LogP contribution in [0.3, 0.4) is 0 Å². The molecule has 1 aliphatic heterocycles. The van der Waals surface area contributed by atoms with Crippen LogP contribution in [0.15, 0.2) is 34.9 Å². The number of aromatic nitrogens is 1. The van der Waals surface area contributed by atoms with E-state index in [0.29, 0.717) is 0 Å². The molecule has 118 valence electrons. The van der Waals surface area contributed by atoms with E-state index in [2.05, 4.69) is 41.2 Å². The third kappa shape index (κ3) is 4.20. The smallest absolute Gasteiger partial charge is 0.150 e. The SMILES string of the molecule is Cc1ccc(CCC2CCN(Cc3cc(C)no3)CC2)cc1. The summed E-state index contributed by atoms with van der Waals surface area (Å²) in [7, 11) is 0. The zero-order chi connectivity index (χ0) is 15.4. The van der Waals surface area contributed by atoms with Crippen LogP contribution < -0.4 is 0 Å². The Morgan fingerprint density at radius 2 is 1.86 bits per heavy atom. The summed E-state index contributed by atoms with van der Waals surface area (Å²) in [6.07, 6.45) is 5.14. The van der Waals surface area contributed by atoms with Crippen molar-refractivity contribution in [2.75, 3.05) is 13.1 Å². The zero-order valence-corrected chi connectivity index (χ0v) is 13.7. The fraction of sp³-hybridized carbons (Fsp3) is 0.526. The van der Waals surface area contributed by atoms with Gasteiger partial charge in [-0.05, 0) is 64.1 Å². The predicted octanol–water partition coefficient (Wildman–Crippen LogP) is 4.14. The molecule has 0 aliphatic carbocycles. The van der Waals surface area contributed by atoms with Gasteiger partial charge in [-0.3, -0.25) is 4.90 Å². The first-order chi connectivity index (χ1) is 10.7. The highest BCUT2D eigenvalue weighted by molar-refractivity contribution is 5.21. The molecule has 22 heavy (non-hydrogen) atoms. The van der Waals surface area contributed by atoms with E-state index in [4.69, 9.17) is 4.52 Å². The summed E-state index contributed by atoms with van der Waals surface area (Å²) in [6, 6.07) is 11.0. The number of hydrogen-bond acceptors (Lipinski definition) is 3. The molecule has 1 aliphatic rings. The number of hydrogen-bond donors (Lipinski definition) is 0. The van der Waals surface area contributed by atoms with E-state index in [-0.39, 0.29) is 0 Å². The summed E-state index contributed by atoms with van der Waals surface area (Å²) in [6.45, 7) is 7.39. The number of aryl methyl sites for hydroxylation is 3. The molecule has 0 bridgehead atoms. The molecule has 1 saturated heterocycles. The van der Waals surface area contributed by atoms with Gasteiger partial charge in [0.05, 0.1) is 12.2 Å². The summed E-state index contributed by atoms with van der Waals surface area (Å²) in [5.41, 5.74) is 3.80. The fourth-order valence-electron chi connectivity index (χ4n) is 3.27. The lowest BCUT2D eigenvalue weighted by atomic mass is 9.90. The van der Waals surface area contributed by atoms with Crippen molar-refractivity contribution in [1.29, 1.82) is 0 Å². The van der Waals surface area contributed by atoms with Gasteiger partial charge in [0, 0.05) is 6.07 Å². The van der Waals surface area contributed by atoms with Crippen molar-refractivity contribution in [2.45, 2.75) is 46.1 Å². The van der Waals surface area contributed by atoms with E-state index in [9.17, 15) is 0 Å². The summed E-state index contributed by atoms with van der Waals surface area (Å²) < 4.78 is 5.32. The number of rotatable bonds is 5. The van der Waals surface area contributed by atoms with Gasteiger partial charge in [0.15, 0.2) is 5.76 Å². The Kier molecular flexibility index (Phi) is 4.94. The maximum atomic E-state index is 5.32. The Hall–Kier alpha value is -1.61. The van der Waals surface area contributed by atoms with Crippen LogP contribution in [-0.4, -0.2) is 23.1 Å². The second-order valence-corrected chi connectivity index (χ2v) is 6.68. The Morgan fingerprint density at radius 1 is 1.14 bits per heavy atom. The molecule has 0 radical (unpaired) electrons. The molecule has 2 heterocycles. The third-order valence-corrected chi connectivity index (χ3v) is 4.73. The average molecular weight is 298 g/mol. The topological polar surface area (TPSA) is 29.3 Å². The minimum atomic E-state index is 0.869. The minimum absolute atomic E-state index is 0.869. The van der Waals surface area contributed by atoms with Crippen molar-refractivity contribution in [3.05, 3.63) is 52.9 Å². The van der Waals surface area contributed by atoms with Crippen LogP contribution in [0, 0.1) is 19.8 Å². The van der Waals surface area contributed by atoms with E-state index >= 15 is 0 Å². The highest BCUT2D eigenvalue weighted by atomic mass is 16.5. The summed E-state index contributed by atoms with van der Waals surface area (Å²) in [5.74, 6) is 1.87. The first-order valence-corrected chi connectivity index (χ1v) is 8.39. The van der Waals surface area contributed by atoms with Crippen LogP contribution >= 0.6 is 0 Å². The lowest BCUT2D eigenvalue weighted by Crippen LogP contribution is -2.33. The van der Waals surface area contributed by atoms with Gasteiger partial charge in [-0.15, -0.1) is 0 Å². The fourth-order valence-corrected chi connectivity index (χ4v) is 3.27. The molecule has 0 N–H and O–H groups in total. The average Bonchev–Trinajstić information content (AvgIpc) is 2.93. The molecular formula is C19H26N2O. The summed E-state index contributed by atoms with van der Waals surface area (Å²) >= 11 is 0. The van der Waals surface area contributed by atoms with Crippen molar-refractivity contribution >= 4 is 0 Å². The molecule has 0 saturated carbocycles. The summed E-state index contributed by atoms with van der Waals surface area (Å²) in [4.78, 5) is 2.49. The number of likely N-dealkylation sites (tertiary alicyclic amines) is 1. The second-order valence-electron chi connectivity index (χ2n) is 6.68. The highest BCUT2D eigenvalue weighted by Gasteiger charge is 2.20. The van der Waals surface area contributed by atoms with Gasteiger partial charge in [-0.1, -0.05) is 35.0 Å². The standard InChI is InChI=1S/C19H26N2O/c1-15-3-5-17(6-4-15)7-8-18-9-11-21(12-10-18)14-19-13-16(2)20-22-19/h3-6,13,18H,7-12,14H2,1-2H3. The van der Waals surface area contributed by atoms with Crippen molar-refractivity contribution in [3.63, 3.8) is 0 Å². The third-order valence-electron chi connectivity index (χ3n) is 4.73. The van der Waals surface area contributed by atoms with E-state index in [1.54, 1.807) is 0 Å². The minimum Gasteiger partial charge on any atom is -0.360 e. The van der Waals surface area contributed by atoms with E-state index in [1.807, 2.05) is 13.0 Å². The number of benzene rings is 1. The monoisotopic (exact) mass is 298 g/mol. The molecule has 3 heteroatoms. The predicted molar refractivity (Wildman–Crippen MR) is 88.7 cm³/mol. The first kappa shape index (κ1) is 15.3. The molecule has 3 rings (SSSR count). The van der Waals surface area contributed by atoms with Gasteiger partial charge < -0.3 is 4.52 Å². The van der Waals surface area contributed by atoms with E-state index in [0.717, 1.165) is 23.9 Å². The van der Waals surface area contributed by atoms with Gasteiger partial charge in [-0.25, -0.2) is 0 Å². The molecule has 1 fully saturated rings. The Bertz CT molecular complexity index is 580. The van der Waals surface area contributed by atoms with E-state index in [1.165, 1.54) is 49.9 Å². The maximum absolute atomic E-state index is 5.32. The summed E-state index contributed by atoms with van der Waals surface area (Å²) in [5, 5.41) is 3.96.